The molecule has 0 aliphatic carbocycles. The number of nitriles is 1. The summed E-state index contributed by atoms with van der Waals surface area (Å²) in [5, 5.41) is 9.39. The fourth-order valence-corrected chi connectivity index (χ4v) is 2.70. The quantitative estimate of drug-likeness (QED) is 0.645. The summed E-state index contributed by atoms with van der Waals surface area (Å²) in [6.07, 6.45) is -1.08. The molecule has 0 bridgehead atoms. The number of morpholine rings is 1. The minimum absolute atomic E-state index is 0.373. The lowest BCUT2D eigenvalue weighted by atomic mass is 10.0. The molecule has 0 spiro atoms. The van der Waals surface area contributed by atoms with Crippen molar-refractivity contribution in [3.05, 3.63) is 29.8 Å². The Balaban J connectivity index is 1.99. The maximum atomic E-state index is 9.39. The molecule has 1 aromatic rings. The summed E-state index contributed by atoms with van der Waals surface area (Å²) in [5.74, 6) is 0. The van der Waals surface area contributed by atoms with E-state index < -0.39 is 12.2 Å². The third-order valence-electron chi connectivity index (χ3n) is 3.98. The van der Waals surface area contributed by atoms with E-state index in [1.165, 1.54) is 0 Å². The van der Waals surface area contributed by atoms with Crippen molar-refractivity contribution in [2.45, 2.75) is 19.1 Å². The molecule has 0 aromatic heterocycles. The highest BCUT2D eigenvalue weighted by atomic mass is 16.6. The molecule has 24 heavy (non-hydrogen) atoms. The van der Waals surface area contributed by atoms with E-state index in [0.717, 1.165) is 37.6 Å². The van der Waals surface area contributed by atoms with Gasteiger partial charge in [-0.15, -0.1) is 0 Å². The van der Waals surface area contributed by atoms with Crippen molar-refractivity contribution in [3.63, 3.8) is 0 Å². The summed E-state index contributed by atoms with van der Waals surface area (Å²) in [4.78, 5) is 2.29. The first-order valence-corrected chi connectivity index (χ1v) is 8.34. The van der Waals surface area contributed by atoms with E-state index in [1.807, 2.05) is 19.1 Å². The number of hydrogen-bond acceptors (Lipinski definition) is 6. The fourth-order valence-electron chi connectivity index (χ4n) is 2.70. The molecule has 0 N–H and O–H groups in total. The molecule has 2 rings (SSSR count). The minimum atomic E-state index is -0.662. The van der Waals surface area contributed by atoms with E-state index in [9.17, 15) is 5.26 Å². The van der Waals surface area contributed by atoms with Crippen molar-refractivity contribution < 1.29 is 18.9 Å². The van der Waals surface area contributed by atoms with Crippen molar-refractivity contribution in [1.29, 1.82) is 5.26 Å². The van der Waals surface area contributed by atoms with E-state index >= 15 is 0 Å². The second kappa shape index (κ2) is 10.3. The van der Waals surface area contributed by atoms with Crippen molar-refractivity contribution in [2.24, 2.45) is 0 Å². The van der Waals surface area contributed by atoms with Gasteiger partial charge in [0.25, 0.3) is 0 Å². The van der Waals surface area contributed by atoms with Gasteiger partial charge in [-0.2, -0.15) is 5.26 Å². The fraction of sp³-hybridized carbons (Fsp3) is 0.611. The van der Waals surface area contributed by atoms with Crippen LogP contribution < -0.4 is 4.90 Å². The first kappa shape index (κ1) is 18.7. The lowest BCUT2D eigenvalue weighted by Crippen LogP contribution is -2.36. The predicted molar refractivity (Wildman–Crippen MR) is 91.1 cm³/mol. The van der Waals surface area contributed by atoms with Gasteiger partial charge in [0, 0.05) is 32.5 Å². The van der Waals surface area contributed by atoms with E-state index in [0.29, 0.717) is 19.8 Å². The van der Waals surface area contributed by atoms with Crippen molar-refractivity contribution >= 4 is 5.69 Å². The monoisotopic (exact) mass is 334 g/mol. The second-order valence-corrected chi connectivity index (χ2v) is 5.46. The number of methoxy groups -OCH3 is 1. The molecule has 1 aliphatic rings. The highest BCUT2D eigenvalue weighted by Gasteiger charge is 2.24. The molecule has 1 saturated heterocycles. The molecular weight excluding hydrogens is 308 g/mol. The Morgan fingerprint density at radius 1 is 1.21 bits per heavy atom. The van der Waals surface area contributed by atoms with E-state index in [4.69, 9.17) is 18.9 Å². The van der Waals surface area contributed by atoms with Gasteiger partial charge in [-0.05, 0) is 24.6 Å². The van der Waals surface area contributed by atoms with Gasteiger partial charge in [-0.25, -0.2) is 0 Å². The van der Waals surface area contributed by atoms with Crippen LogP contribution in [-0.4, -0.2) is 59.3 Å². The lowest BCUT2D eigenvalue weighted by Gasteiger charge is -2.29. The highest BCUT2D eigenvalue weighted by Crippen LogP contribution is 2.25. The Bertz CT molecular complexity index is 509. The number of hydrogen-bond donors (Lipinski definition) is 0. The molecule has 1 aromatic carbocycles. The maximum absolute atomic E-state index is 9.39. The molecule has 1 aliphatic heterocycles. The van der Waals surface area contributed by atoms with E-state index in [-0.39, 0.29) is 0 Å². The third kappa shape index (κ3) is 5.18. The molecule has 0 amide bonds. The van der Waals surface area contributed by atoms with Crippen LogP contribution in [0.3, 0.4) is 0 Å². The summed E-state index contributed by atoms with van der Waals surface area (Å²) in [7, 11) is 1.59. The van der Waals surface area contributed by atoms with Crippen molar-refractivity contribution in [3.8, 4) is 6.07 Å². The molecular formula is C18H26N2O4. The van der Waals surface area contributed by atoms with Gasteiger partial charge < -0.3 is 23.8 Å². The summed E-state index contributed by atoms with van der Waals surface area (Å²) < 4.78 is 21.7. The predicted octanol–water partition coefficient (Wildman–Crippen LogP) is 2.16. The van der Waals surface area contributed by atoms with E-state index in [2.05, 4.69) is 23.1 Å². The average molecular weight is 334 g/mol. The number of rotatable bonds is 9. The molecule has 6 nitrogen and oxygen atoms in total. The van der Waals surface area contributed by atoms with E-state index in [1.54, 1.807) is 7.11 Å². The van der Waals surface area contributed by atoms with Crippen LogP contribution >= 0.6 is 0 Å². The van der Waals surface area contributed by atoms with Crippen LogP contribution in [0, 0.1) is 11.3 Å². The Kier molecular flexibility index (Phi) is 7.99. The van der Waals surface area contributed by atoms with Gasteiger partial charge in [0.15, 0.2) is 6.10 Å². The highest BCUT2D eigenvalue weighted by molar-refractivity contribution is 5.48. The first-order valence-electron chi connectivity index (χ1n) is 8.34. The number of ether oxygens (including phenoxy) is 4. The largest absolute Gasteiger partial charge is 0.379 e. The van der Waals surface area contributed by atoms with Gasteiger partial charge in [-0.1, -0.05) is 12.1 Å². The molecule has 1 fully saturated rings. The van der Waals surface area contributed by atoms with Crippen LogP contribution in [0.4, 0.5) is 5.69 Å². The zero-order valence-electron chi connectivity index (χ0n) is 14.4. The van der Waals surface area contributed by atoms with Crippen LogP contribution in [0.1, 0.15) is 18.6 Å². The van der Waals surface area contributed by atoms with Gasteiger partial charge in [-0.3, -0.25) is 0 Å². The normalized spacial score (nSPS) is 17.3. The topological polar surface area (TPSA) is 64.0 Å². The van der Waals surface area contributed by atoms with Crippen LogP contribution in [0.2, 0.25) is 0 Å². The summed E-state index contributed by atoms with van der Waals surface area (Å²) in [6.45, 7) is 6.72. The Morgan fingerprint density at radius 3 is 2.50 bits per heavy atom. The average Bonchev–Trinajstić information content (AvgIpc) is 2.65. The van der Waals surface area contributed by atoms with Gasteiger partial charge in [0.05, 0.1) is 32.5 Å². The Morgan fingerprint density at radius 2 is 1.92 bits per heavy atom. The third-order valence-corrected chi connectivity index (χ3v) is 3.98. The zero-order chi connectivity index (χ0) is 17.2. The molecule has 0 radical (unpaired) electrons. The lowest BCUT2D eigenvalue weighted by molar-refractivity contribution is -0.0463. The standard InChI is InChI=1S/C18H26N2O4/c1-3-22-12-13-24-17(14-19)18(21-2)15-4-6-16(7-5-15)20-8-10-23-11-9-20/h4-7,17-18H,3,8-13H2,1-2H3. The minimum Gasteiger partial charge on any atom is -0.379 e. The van der Waals surface area contributed by atoms with Crippen LogP contribution in [0.25, 0.3) is 0 Å². The number of anilines is 1. The molecule has 2 unspecified atom stereocenters. The number of benzene rings is 1. The zero-order valence-corrected chi connectivity index (χ0v) is 14.4. The number of nitrogens with zero attached hydrogens (tertiary/aromatic N) is 2. The van der Waals surface area contributed by atoms with Crippen LogP contribution in [0.5, 0.6) is 0 Å². The smallest absolute Gasteiger partial charge is 0.174 e. The Hall–Kier alpha value is -1.65. The van der Waals surface area contributed by atoms with Crippen molar-refractivity contribution in [2.75, 3.05) is 58.1 Å². The maximum Gasteiger partial charge on any atom is 0.174 e. The summed E-state index contributed by atoms with van der Waals surface area (Å²) in [6, 6.07) is 10.3. The SMILES string of the molecule is CCOCCOC(C#N)C(OC)c1ccc(N2CCOCC2)cc1. The first-order chi connectivity index (χ1) is 11.8. The van der Waals surface area contributed by atoms with Crippen LogP contribution in [-0.2, 0) is 18.9 Å². The van der Waals surface area contributed by atoms with Crippen LogP contribution in [0.15, 0.2) is 24.3 Å². The van der Waals surface area contributed by atoms with Gasteiger partial charge >= 0.3 is 0 Å². The molecule has 2 atom stereocenters. The molecule has 0 saturated carbocycles. The second-order valence-electron chi connectivity index (χ2n) is 5.46. The van der Waals surface area contributed by atoms with Gasteiger partial charge in [0.2, 0.25) is 0 Å². The van der Waals surface area contributed by atoms with Gasteiger partial charge in [0.1, 0.15) is 6.10 Å². The molecule has 6 heteroatoms. The van der Waals surface area contributed by atoms with Crippen molar-refractivity contribution in [1.82, 2.24) is 0 Å². The Labute approximate surface area is 143 Å². The summed E-state index contributed by atoms with van der Waals surface area (Å²) >= 11 is 0. The molecule has 1 heterocycles. The molecule has 132 valence electrons. The summed E-state index contributed by atoms with van der Waals surface area (Å²) in [5.41, 5.74) is 2.08.